The summed E-state index contributed by atoms with van der Waals surface area (Å²) < 4.78 is 10.6. The van der Waals surface area contributed by atoms with E-state index in [9.17, 15) is 4.79 Å². The number of hydrogen-bond donors (Lipinski definition) is 2. The molecule has 0 aliphatic carbocycles. The molecule has 0 fully saturated rings. The number of benzene rings is 3. The van der Waals surface area contributed by atoms with Crippen LogP contribution in [0.15, 0.2) is 71.9 Å². The van der Waals surface area contributed by atoms with E-state index >= 15 is 0 Å². The minimum Gasteiger partial charge on any atom is -0.497 e. The molecule has 4 aromatic rings. The van der Waals surface area contributed by atoms with Crippen LogP contribution in [-0.2, 0) is 4.79 Å². The summed E-state index contributed by atoms with van der Waals surface area (Å²) in [7, 11) is 3.28. The number of nitrogens with one attached hydrogen (secondary N) is 2. The molecular weight excluding hydrogens is 505 g/mol. The predicted molar refractivity (Wildman–Crippen MR) is 143 cm³/mol. The quantitative estimate of drug-likeness (QED) is 0.225. The van der Waals surface area contributed by atoms with Crippen molar-refractivity contribution in [1.82, 2.24) is 9.97 Å². The summed E-state index contributed by atoms with van der Waals surface area (Å²) in [4.78, 5) is 20.6. The Hall–Kier alpha value is -3.13. The second-order valence-corrected chi connectivity index (χ2v) is 9.48. The van der Waals surface area contributed by atoms with E-state index < -0.39 is 0 Å². The summed E-state index contributed by atoms with van der Waals surface area (Å²) in [5.41, 5.74) is 4.21. The summed E-state index contributed by atoms with van der Waals surface area (Å²) in [6, 6.07) is 20.5. The Balaban J connectivity index is 1.50. The number of anilines is 1. The maximum absolute atomic E-state index is 12.4. The van der Waals surface area contributed by atoms with Crippen LogP contribution in [0.1, 0.15) is 6.42 Å². The lowest BCUT2D eigenvalue weighted by Gasteiger charge is -2.06. The third-order valence-corrected chi connectivity index (χ3v) is 6.45. The minimum absolute atomic E-state index is 0.131. The highest BCUT2D eigenvalue weighted by molar-refractivity contribution is 7.99. The molecular formula is C26H23Cl2N3O3S. The lowest BCUT2D eigenvalue weighted by Crippen LogP contribution is -2.12. The molecule has 0 aliphatic rings. The molecule has 35 heavy (non-hydrogen) atoms. The van der Waals surface area contributed by atoms with Crippen LogP contribution in [0.2, 0.25) is 10.0 Å². The summed E-state index contributed by atoms with van der Waals surface area (Å²) in [6.07, 6.45) is 0.297. The van der Waals surface area contributed by atoms with Crippen LogP contribution in [0.25, 0.3) is 22.5 Å². The molecule has 1 heterocycles. The molecule has 0 saturated carbocycles. The van der Waals surface area contributed by atoms with Crippen LogP contribution in [0.3, 0.4) is 0 Å². The Morgan fingerprint density at radius 2 is 1.49 bits per heavy atom. The first-order valence-corrected chi connectivity index (χ1v) is 12.5. The van der Waals surface area contributed by atoms with Crippen molar-refractivity contribution in [2.24, 2.45) is 0 Å². The van der Waals surface area contributed by atoms with Crippen LogP contribution >= 0.6 is 35.0 Å². The smallest absolute Gasteiger partial charge is 0.225 e. The van der Waals surface area contributed by atoms with Gasteiger partial charge in [0, 0.05) is 39.0 Å². The Kier molecular flexibility index (Phi) is 8.23. The number of imidazole rings is 1. The number of hydrogen-bond acceptors (Lipinski definition) is 5. The van der Waals surface area contributed by atoms with Gasteiger partial charge in [-0.05, 0) is 66.7 Å². The lowest BCUT2D eigenvalue weighted by atomic mass is 10.0. The standard InChI is InChI=1S/C26H23Cl2N3O3S/c1-33-21-7-3-16(4-8-21)24-25(17-5-9-22(34-2)10-6-17)31-26(30-24)35-12-11-23(32)29-20-14-18(27)13-19(28)15-20/h3-10,13-15H,11-12H2,1-2H3,(H,29,32)(H,30,31). The van der Waals surface area contributed by atoms with Gasteiger partial charge in [0.1, 0.15) is 11.5 Å². The number of amides is 1. The number of methoxy groups -OCH3 is 2. The molecule has 180 valence electrons. The second-order valence-electron chi connectivity index (χ2n) is 7.53. The van der Waals surface area contributed by atoms with Gasteiger partial charge in [-0.3, -0.25) is 4.79 Å². The number of ether oxygens (including phenoxy) is 2. The van der Waals surface area contributed by atoms with Crippen molar-refractivity contribution in [3.63, 3.8) is 0 Å². The third-order valence-electron chi connectivity index (χ3n) is 5.14. The van der Waals surface area contributed by atoms with Gasteiger partial charge < -0.3 is 19.8 Å². The largest absolute Gasteiger partial charge is 0.497 e. The van der Waals surface area contributed by atoms with E-state index in [4.69, 9.17) is 37.7 Å². The highest BCUT2D eigenvalue weighted by Gasteiger charge is 2.15. The molecule has 1 aromatic heterocycles. The number of aromatic amines is 1. The Morgan fingerprint density at radius 1 is 0.914 bits per heavy atom. The highest BCUT2D eigenvalue weighted by atomic mass is 35.5. The van der Waals surface area contributed by atoms with E-state index in [0.717, 1.165) is 39.2 Å². The van der Waals surface area contributed by atoms with Gasteiger partial charge in [-0.2, -0.15) is 0 Å². The van der Waals surface area contributed by atoms with Gasteiger partial charge in [-0.1, -0.05) is 35.0 Å². The summed E-state index contributed by atoms with van der Waals surface area (Å²) in [5.74, 6) is 1.96. The van der Waals surface area contributed by atoms with Crippen molar-refractivity contribution < 1.29 is 14.3 Å². The Bertz CT molecular complexity index is 1220. The summed E-state index contributed by atoms with van der Waals surface area (Å²) >= 11 is 13.5. The molecule has 0 atom stereocenters. The van der Waals surface area contributed by atoms with E-state index in [-0.39, 0.29) is 5.91 Å². The van der Waals surface area contributed by atoms with E-state index in [1.54, 1.807) is 32.4 Å². The number of carbonyl (C=O) groups is 1. The Labute approximate surface area is 218 Å². The zero-order valence-electron chi connectivity index (χ0n) is 19.1. The normalized spacial score (nSPS) is 10.7. The van der Waals surface area contributed by atoms with Crippen LogP contribution in [-0.4, -0.2) is 35.8 Å². The zero-order valence-corrected chi connectivity index (χ0v) is 21.4. The fraction of sp³-hybridized carbons (Fsp3) is 0.154. The first-order chi connectivity index (χ1) is 16.9. The zero-order chi connectivity index (χ0) is 24.8. The van der Waals surface area contributed by atoms with Gasteiger partial charge >= 0.3 is 0 Å². The first-order valence-electron chi connectivity index (χ1n) is 10.7. The molecule has 0 unspecified atom stereocenters. The summed E-state index contributed by atoms with van der Waals surface area (Å²) in [6.45, 7) is 0. The van der Waals surface area contributed by atoms with Crippen molar-refractivity contribution in [3.8, 4) is 34.0 Å². The fourth-order valence-electron chi connectivity index (χ4n) is 3.43. The van der Waals surface area contributed by atoms with Crippen LogP contribution in [0, 0.1) is 0 Å². The van der Waals surface area contributed by atoms with Gasteiger partial charge in [0.2, 0.25) is 5.91 Å². The van der Waals surface area contributed by atoms with Crippen molar-refractivity contribution in [3.05, 3.63) is 76.8 Å². The number of nitrogens with zero attached hydrogens (tertiary/aromatic N) is 1. The van der Waals surface area contributed by atoms with Gasteiger partial charge in [0.15, 0.2) is 5.16 Å². The van der Waals surface area contributed by atoms with Crippen molar-refractivity contribution in [2.75, 3.05) is 25.3 Å². The number of thioether (sulfide) groups is 1. The van der Waals surface area contributed by atoms with E-state index in [1.807, 2.05) is 48.5 Å². The number of halogens is 2. The number of rotatable bonds is 9. The van der Waals surface area contributed by atoms with Crippen LogP contribution in [0.5, 0.6) is 11.5 Å². The highest BCUT2D eigenvalue weighted by Crippen LogP contribution is 2.34. The molecule has 4 rings (SSSR count). The van der Waals surface area contributed by atoms with E-state index in [1.165, 1.54) is 11.8 Å². The average Bonchev–Trinajstić information content (AvgIpc) is 3.27. The molecule has 6 nitrogen and oxygen atoms in total. The van der Waals surface area contributed by atoms with Gasteiger partial charge in [0.25, 0.3) is 0 Å². The van der Waals surface area contributed by atoms with Crippen LogP contribution < -0.4 is 14.8 Å². The number of H-pyrrole nitrogens is 1. The molecule has 0 saturated heterocycles. The van der Waals surface area contributed by atoms with Gasteiger partial charge in [-0.15, -0.1) is 0 Å². The maximum Gasteiger partial charge on any atom is 0.225 e. The van der Waals surface area contributed by atoms with E-state index in [0.29, 0.717) is 27.9 Å². The van der Waals surface area contributed by atoms with E-state index in [2.05, 4.69) is 10.3 Å². The lowest BCUT2D eigenvalue weighted by molar-refractivity contribution is -0.115. The topological polar surface area (TPSA) is 76.2 Å². The van der Waals surface area contributed by atoms with Gasteiger partial charge in [0.05, 0.1) is 25.6 Å². The molecule has 0 radical (unpaired) electrons. The summed E-state index contributed by atoms with van der Waals surface area (Å²) in [5, 5.41) is 4.48. The number of aromatic nitrogens is 2. The van der Waals surface area contributed by atoms with Crippen molar-refractivity contribution >= 4 is 46.6 Å². The number of carbonyl (C=O) groups excluding carboxylic acids is 1. The van der Waals surface area contributed by atoms with Crippen molar-refractivity contribution in [1.29, 1.82) is 0 Å². The minimum atomic E-state index is -0.131. The van der Waals surface area contributed by atoms with Crippen molar-refractivity contribution in [2.45, 2.75) is 11.6 Å². The fourth-order valence-corrected chi connectivity index (χ4v) is 4.77. The second kappa shape index (κ2) is 11.5. The SMILES string of the molecule is COc1ccc(-c2nc(SCCC(=O)Nc3cc(Cl)cc(Cl)c3)[nH]c2-c2ccc(OC)cc2)cc1. The average molecular weight is 528 g/mol. The molecule has 0 aliphatic heterocycles. The molecule has 0 bridgehead atoms. The first kappa shape index (κ1) is 25.0. The molecule has 2 N–H and O–H groups in total. The van der Waals surface area contributed by atoms with Gasteiger partial charge in [-0.25, -0.2) is 4.98 Å². The molecule has 3 aromatic carbocycles. The molecule has 1 amide bonds. The third kappa shape index (κ3) is 6.51. The molecule has 0 spiro atoms. The monoisotopic (exact) mass is 527 g/mol. The van der Waals surface area contributed by atoms with Crippen LogP contribution in [0.4, 0.5) is 5.69 Å². The maximum atomic E-state index is 12.4. The Morgan fingerprint density at radius 3 is 2.06 bits per heavy atom. The predicted octanol–water partition coefficient (Wildman–Crippen LogP) is 7.19. The molecule has 9 heteroatoms.